The second kappa shape index (κ2) is 23.4. The Hall–Kier alpha value is -4.22. The molecule has 5 amide bonds. The van der Waals surface area contributed by atoms with E-state index in [4.69, 9.17) is 17.2 Å². The number of hydrazone groups is 1. The second-order valence-electron chi connectivity index (χ2n) is 12.3. The van der Waals surface area contributed by atoms with E-state index in [1.807, 2.05) is 6.92 Å². The first kappa shape index (κ1) is 44.9. The van der Waals surface area contributed by atoms with E-state index in [9.17, 15) is 24.0 Å². The van der Waals surface area contributed by atoms with E-state index in [2.05, 4.69) is 87.6 Å². The summed E-state index contributed by atoms with van der Waals surface area (Å²) in [6.45, 7) is 8.30. The Morgan fingerprint density at radius 2 is 1.23 bits per heavy atom. The van der Waals surface area contributed by atoms with Gasteiger partial charge in [-0.25, -0.2) is 9.97 Å². The lowest BCUT2D eigenvalue weighted by Gasteiger charge is -2.39. The Labute approximate surface area is 319 Å². The minimum Gasteiger partial charge on any atom is -0.369 e. The quantitative estimate of drug-likeness (QED) is 0.0187. The van der Waals surface area contributed by atoms with Crippen LogP contribution in [-0.4, -0.2) is 136 Å². The van der Waals surface area contributed by atoms with Crippen LogP contribution in [0.3, 0.4) is 0 Å². The number of likely N-dealkylation sites (N-methyl/N-ethyl adjacent to an activating group) is 1. The van der Waals surface area contributed by atoms with Crippen LogP contribution in [0.1, 0.15) is 32.2 Å². The maximum atomic E-state index is 13.9. The molecular weight excluding hydrogens is 727 g/mol. The summed E-state index contributed by atoms with van der Waals surface area (Å²) in [6.07, 6.45) is 7.16. The summed E-state index contributed by atoms with van der Waals surface area (Å²) < 4.78 is 0. The summed E-state index contributed by atoms with van der Waals surface area (Å²) in [4.78, 5) is 80.7. The first-order valence-corrected chi connectivity index (χ1v) is 18.4. The van der Waals surface area contributed by atoms with Crippen LogP contribution in [0.4, 0.5) is 0 Å². The van der Waals surface area contributed by atoms with E-state index in [-0.39, 0.29) is 24.3 Å². The number of hydrogen-bond donors (Lipinski definition) is 14. The molecule has 0 spiro atoms. The normalized spacial score (nSPS) is 16.0. The first-order valence-electron chi connectivity index (χ1n) is 17.2. The molecule has 53 heavy (non-hydrogen) atoms. The Bertz CT molecular complexity index is 1360. The van der Waals surface area contributed by atoms with E-state index in [0.717, 1.165) is 19.6 Å². The molecule has 2 unspecified atom stereocenters. The molecule has 22 heteroatoms. The molecule has 2 heterocycles. The van der Waals surface area contributed by atoms with Crippen molar-refractivity contribution in [3.05, 3.63) is 36.4 Å². The van der Waals surface area contributed by atoms with Gasteiger partial charge in [-0.05, 0) is 20.4 Å². The zero-order valence-corrected chi connectivity index (χ0v) is 32.0. The molecule has 0 saturated carbocycles. The number of primary amides is 1. The van der Waals surface area contributed by atoms with Crippen molar-refractivity contribution in [2.75, 3.05) is 44.2 Å². The molecule has 0 aromatic carbocycles. The number of nitrogens with two attached hydrogens (primary N) is 3. The zero-order valence-electron chi connectivity index (χ0n) is 30.2. The lowest BCUT2D eigenvalue weighted by atomic mass is 9.74. The van der Waals surface area contributed by atoms with Crippen LogP contribution in [0.5, 0.6) is 0 Å². The summed E-state index contributed by atoms with van der Waals surface area (Å²) in [5.41, 5.74) is 19.7. The van der Waals surface area contributed by atoms with E-state index >= 15 is 0 Å². The summed E-state index contributed by atoms with van der Waals surface area (Å²) in [5.74, 6) is -3.53. The molecule has 0 bridgehead atoms. The number of thiol groups is 2. The van der Waals surface area contributed by atoms with Crippen LogP contribution >= 0.6 is 25.3 Å². The van der Waals surface area contributed by atoms with Gasteiger partial charge < -0.3 is 64.5 Å². The fourth-order valence-corrected chi connectivity index (χ4v) is 5.49. The van der Waals surface area contributed by atoms with E-state index in [0.29, 0.717) is 24.5 Å². The first-order chi connectivity index (χ1) is 25.3. The number of H-pyrrole nitrogens is 2. The minimum atomic E-state index is -1.87. The van der Waals surface area contributed by atoms with Gasteiger partial charge in [0, 0.05) is 81.2 Å². The van der Waals surface area contributed by atoms with E-state index in [1.54, 1.807) is 12.4 Å². The van der Waals surface area contributed by atoms with Crippen LogP contribution in [0.15, 0.2) is 30.1 Å². The second-order valence-corrected chi connectivity index (χ2v) is 13.0. The summed E-state index contributed by atoms with van der Waals surface area (Å²) in [5, 5.41) is 21.5. The maximum absolute atomic E-state index is 13.9. The minimum absolute atomic E-state index is 0.0254. The molecule has 0 aliphatic heterocycles. The Morgan fingerprint density at radius 3 is 1.62 bits per heavy atom. The smallest absolute Gasteiger partial charge is 0.243 e. The lowest BCUT2D eigenvalue weighted by molar-refractivity contribution is -0.133. The van der Waals surface area contributed by atoms with Crippen molar-refractivity contribution in [3.63, 3.8) is 0 Å². The zero-order chi connectivity index (χ0) is 39.4. The summed E-state index contributed by atoms with van der Waals surface area (Å²) in [7, 11) is 0. The van der Waals surface area contributed by atoms with E-state index in [1.165, 1.54) is 32.7 Å². The average molecular weight is 782 g/mol. The third-order valence-corrected chi connectivity index (χ3v) is 9.14. The molecule has 0 aliphatic carbocycles. The monoisotopic (exact) mass is 781 g/mol. The lowest BCUT2D eigenvalue weighted by Crippen LogP contribution is -2.66. The highest BCUT2D eigenvalue weighted by Crippen LogP contribution is 2.26. The number of carbonyl (C=O) groups is 5. The van der Waals surface area contributed by atoms with Gasteiger partial charge in [-0.3, -0.25) is 24.0 Å². The molecule has 0 radical (unpaired) electrons. The van der Waals surface area contributed by atoms with Gasteiger partial charge in [-0.1, -0.05) is 6.92 Å². The van der Waals surface area contributed by atoms with Crippen molar-refractivity contribution in [1.82, 2.24) is 57.3 Å². The maximum Gasteiger partial charge on any atom is 0.243 e. The molecule has 2 aromatic heterocycles. The van der Waals surface area contributed by atoms with Crippen molar-refractivity contribution < 1.29 is 24.0 Å². The number of aromatic nitrogens is 4. The van der Waals surface area contributed by atoms with Gasteiger partial charge in [0.05, 0.1) is 36.1 Å². The van der Waals surface area contributed by atoms with E-state index < -0.39 is 71.2 Å². The molecular formula is C31H55N15O5S2. The molecule has 6 atom stereocenters. The molecule has 296 valence electrons. The fraction of sp³-hybridized carbons (Fsp3) is 0.613. The third-order valence-electron chi connectivity index (χ3n) is 8.36. The van der Waals surface area contributed by atoms with Crippen molar-refractivity contribution in [3.8, 4) is 0 Å². The SMILES string of the molecule is CCNCCNCCNN=CC(C(N)=O)(C(C)NC(=O)[C@H](Cc1c[nH]cn1)NC(=O)[C@@H](N)CS)C(C)NC(=O)[C@H](Cc1c[nH]cn1)NC(=O)[C@@H](N)CS. The van der Waals surface area contributed by atoms with Crippen LogP contribution in [0.25, 0.3) is 0 Å². The van der Waals surface area contributed by atoms with Crippen LogP contribution in [-0.2, 0) is 36.8 Å². The predicted octanol–water partition coefficient (Wildman–Crippen LogP) is -4.34. The van der Waals surface area contributed by atoms with Gasteiger partial charge in [0.1, 0.15) is 17.5 Å². The van der Waals surface area contributed by atoms with Gasteiger partial charge in [-0.15, -0.1) is 0 Å². The third kappa shape index (κ3) is 14.3. The number of hydrogen-bond acceptors (Lipinski definition) is 15. The molecule has 0 saturated heterocycles. The summed E-state index contributed by atoms with van der Waals surface area (Å²) in [6, 6.07) is -6.64. The number of aromatic amines is 2. The molecule has 0 fully saturated rings. The van der Waals surface area contributed by atoms with Gasteiger partial charge in [-0.2, -0.15) is 30.4 Å². The van der Waals surface area contributed by atoms with Crippen LogP contribution in [0.2, 0.25) is 0 Å². The summed E-state index contributed by atoms with van der Waals surface area (Å²) >= 11 is 8.15. The van der Waals surface area contributed by atoms with Crippen molar-refractivity contribution >= 4 is 61.0 Å². The van der Waals surface area contributed by atoms with Crippen LogP contribution in [0, 0.1) is 5.41 Å². The predicted molar refractivity (Wildman–Crippen MR) is 207 cm³/mol. The van der Waals surface area contributed by atoms with Gasteiger partial charge in [0.25, 0.3) is 0 Å². The Balaban J connectivity index is 2.43. The standard InChI is InChI=1S/C31H55N15O5S2/c1-4-35-5-6-36-7-8-41-42-15-31(30(34)51,18(2)43-28(49)24(9-20-11-37-16-39-20)45-26(47)22(32)13-52)19(3)44-29(50)25(10-21-12-38-17-40-21)46-27(48)23(33)14-53/h11-12,15-19,22-25,35-36,41,52-53H,4-10,13-14,32-33H2,1-3H3,(H2,34,51)(H,37,39)(H,38,40)(H,43,49)(H,44,50)(H,45,47)(H,46,48)/t18?,19?,22-,23-,24-,25-,31?/m0/s1. The highest BCUT2D eigenvalue weighted by molar-refractivity contribution is 7.80. The fourth-order valence-electron chi connectivity index (χ4n) is 5.16. The highest BCUT2D eigenvalue weighted by atomic mass is 32.1. The largest absolute Gasteiger partial charge is 0.369 e. The van der Waals surface area contributed by atoms with Crippen molar-refractivity contribution in [2.45, 2.75) is 69.9 Å². The number of amides is 5. The number of carbonyl (C=O) groups excluding carboxylic acids is 5. The number of imidazole rings is 2. The molecule has 2 aromatic rings. The molecule has 0 aliphatic rings. The Morgan fingerprint density at radius 1 is 0.774 bits per heavy atom. The highest BCUT2D eigenvalue weighted by Gasteiger charge is 2.48. The van der Waals surface area contributed by atoms with Gasteiger partial charge in [0.2, 0.25) is 29.5 Å². The topological polar surface area (TPSA) is 317 Å². The molecule has 20 nitrogen and oxygen atoms in total. The number of nitrogens with zero attached hydrogens (tertiary/aromatic N) is 3. The number of nitrogens with one attached hydrogen (secondary N) is 9. The van der Waals surface area contributed by atoms with Crippen molar-refractivity contribution in [2.24, 2.45) is 27.7 Å². The van der Waals surface area contributed by atoms with Crippen LogP contribution < -0.4 is 54.5 Å². The number of rotatable bonds is 26. The molecule has 2 rings (SSSR count). The molecule has 15 N–H and O–H groups in total. The Kier molecular flexibility index (Phi) is 19.9. The average Bonchev–Trinajstić information content (AvgIpc) is 3.85. The van der Waals surface area contributed by atoms with Gasteiger partial charge >= 0.3 is 0 Å². The van der Waals surface area contributed by atoms with Crippen molar-refractivity contribution in [1.29, 1.82) is 0 Å². The van der Waals surface area contributed by atoms with Gasteiger partial charge in [0.15, 0.2) is 0 Å².